The van der Waals surface area contributed by atoms with Gasteiger partial charge in [-0.2, -0.15) is 13.2 Å². The Labute approximate surface area is 162 Å². The molecule has 1 aromatic heterocycles. The van der Waals surface area contributed by atoms with E-state index in [1.165, 1.54) is 11.6 Å². The van der Waals surface area contributed by atoms with Crippen LogP contribution in [0.2, 0.25) is 5.02 Å². The van der Waals surface area contributed by atoms with Crippen molar-refractivity contribution in [1.29, 1.82) is 0 Å². The maximum absolute atomic E-state index is 12.6. The van der Waals surface area contributed by atoms with Gasteiger partial charge in [0.2, 0.25) is 0 Å². The number of carbonyl (C=O) groups excluding carboxylic acids is 1. The minimum atomic E-state index is -4.48. The molecule has 3 aromatic rings. The predicted octanol–water partition coefficient (Wildman–Crippen LogP) is 4.10. The fourth-order valence-corrected chi connectivity index (χ4v) is 2.97. The molecule has 146 valence electrons. The van der Waals surface area contributed by atoms with Gasteiger partial charge in [0.05, 0.1) is 22.5 Å². The number of halogens is 4. The molecule has 0 saturated heterocycles. The van der Waals surface area contributed by atoms with Crippen molar-refractivity contribution in [3.63, 3.8) is 0 Å². The third-order valence-electron chi connectivity index (χ3n) is 4.28. The van der Waals surface area contributed by atoms with Crippen LogP contribution < -0.4 is 10.9 Å². The van der Waals surface area contributed by atoms with E-state index in [0.717, 1.165) is 24.3 Å². The molecule has 0 aliphatic carbocycles. The highest BCUT2D eigenvalue weighted by Gasteiger charge is 2.30. The van der Waals surface area contributed by atoms with Crippen molar-refractivity contribution < 1.29 is 18.0 Å². The van der Waals surface area contributed by atoms with Gasteiger partial charge in [0.25, 0.3) is 11.5 Å². The second-order valence-corrected chi connectivity index (χ2v) is 6.70. The molecule has 0 fully saturated rings. The second kappa shape index (κ2) is 7.27. The summed E-state index contributed by atoms with van der Waals surface area (Å²) in [6, 6.07) is 7.90. The number of carbonyl (C=O) groups is 1. The molecule has 0 aliphatic heterocycles. The minimum Gasteiger partial charge on any atom is -0.342 e. The number of benzene rings is 2. The van der Waals surface area contributed by atoms with Crippen LogP contribution >= 0.6 is 11.6 Å². The van der Waals surface area contributed by atoms with Crippen molar-refractivity contribution >= 4 is 28.4 Å². The van der Waals surface area contributed by atoms with Gasteiger partial charge in [0.1, 0.15) is 5.82 Å². The molecule has 3 rings (SSSR count). The first kappa shape index (κ1) is 19.9. The largest absolute Gasteiger partial charge is 0.416 e. The van der Waals surface area contributed by atoms with E-state index in [0.29, 0.717) is 21.7 Å². The van der Waals surface area contributed by atoms with Gasteiger partial charge in [-0.3, -0.25) is 14.2 Å². The van der Waals surface area contributed by atoms with Gasteiger partial charge >= 0.3 is 6.18 Å². The Balaban J connectivity index is 1.88. The number of aromatic nitrogens is 2. The normalized spacial score (nSPS) is 12.8. The van der Waals surface area contributed by atoms with Gasteiger partial charge in [-0.15, -0.1) is 0 Å². The molecule has 0 bridgehead atoms. The van der Waals surface area contributed by atoms with Crippen LogP contribution in [0.4, 0.5) is 13.2 Å². The Bertz CT molecular complexity index is 1110. The van der Waals surface area contributed by atoms with Crippen molar-refractivity contribution in [2.24, 2.45) is 7.05 Å². The Kier molecular flexibility index (Phi) is 5.16. The van der Waals surface area contributed by atoms with Crippen LogP contribution in [0.5, 0.6) is 0 Å². The maximum Gasteiger partial charge on any atom is 0.416 e. The third-order valence-corrected chi connectivity index (χ3v) is 4.52. The molecule has 1 N–H and O–H groups in total. The summed E-state index contributed by atoms with van der Waals surface area (Å²) in [5, 5.41) is 3.45. The number of hydrogen-bond acceptors (Lipinski definition) is 3. The molecule has 0 spiro atoms. The zero-order valence-electron chi connectivity index (χ0n) is 14.8. The Morgan fingerprint density at radius 3 is 2.43 bits per heavy atom. The summed E-state index contributed by atoms with van der Waals surface area (Å²) < 4.78 is 39.2. The van der Waals surface area contributed by atoms with E-state index in [4.69, 9.17) is 11.6 Å². The average Bonchev–Trinajstić information content (AvgIpc) is 2.63. The zero-order valence-corrected chi connectivity index (χ0v) is 15.6. The van der Waals surface area contributed by atoms with Gasteiger partial charge in [-0.25, -0.2) is 4.98 Å². The summed E-state index contributed by atoms with van der Waals surface area (Å²) >= 11 is 5.95. The lowest BCUT2D eigenvalue weighted by Crippen LogP contribution is -2.32. The van der Waals surface area contributed by atoms with Crippen molar-refractivity contribution in [1.82, 2.24) is 14.9 Å². The molecule has 0 radical (unpaired) electrons. The molecular weight excluding hydrogens is 395 g/mol. The van der Waals surface area contributed by atoms with E-state index in [1.54, 1.807) is 25.1 Å². The van der Waals surface area contributed by atoms with E-state index in [-0.39, 0.29) is 11.1 Å². The molecular formula is C19H15ClF3N3O2. The molecule has 0 saturated carbocycles. The summed E-state index contributed by atoms with van der Waals surface area (Å²) in [5.41, 5.74) is -0.685. The Hall–Kier alpha value is -2.87. The van der Waals surface area contributed by atoms with Gasteiger partial charge in [0.15, 0.2) is 0 Å². The summed E-state index contributed by atoms with van der Waals surface area (Å²) in [5.74, 6) is -0.290. The summed E-state index contributed by atoms with van der Waals surface area (Å²) in [6.45, 7) is 1.63. The van der Waals surface area contributed by atoms with Crippen molar-refractivity contribution in [3.8, 4) is 0 Å². The fourth-order valence-electron chi connectivity index (χ4n) is 2.80. The molecule has 28 heavy (non-hydrogen) atoms. The minimum absolute atomic E-state index is 0.0636. The summed E-state index contributed by atoms with van der Waals surface area (Å²) in [4.78, 5) is 29.3. The first-order chi connectivity index (χ1) is 13.1. The smallest absolute Gasteiger partial charge is 0.342 e. The van der Waals surface area contributed by atoms with Crippen LogP contribution in [0.3, 0.4) is 0 Å². The van der Waals surface area contributed by atoms with Crippen LogP contribution in [0, 0.1) is 0 Å². The van der Waals surface area contributed by atoms with Gasteiger partial charge in [-0.05, 0) is 49.4 Å². The molecule has 1 heterocycles. The quantitative estimate of drug-likeness (QED) is 0.708. The summed E-state index contributed by atoms with van der Waals surface area (Å²) in [6.07, 6.45) is -4.48. The van der Waals surface area contributed by atoms with E-state index in [9.17, 15) is 22.8 Å². The lowest BCUT2D eigenvalue weighted by Gasteiger charge is -2.17. The summed E-state index contributed by atoms with van der Waals surface area (Å²) in [7, 11) is 1.53. The number of hydrogen-bond donors (Lipinski definition) is 1. The van der Waals surface area contributed by atoms with Gasteiger partial charge in [0, 0.05) is 17.6 Å². The van der Waals surface area contributed by atoms with Gasteiger partial charge < -0.3 is 5.32 Å². The topological polar surface area (TPSA) is 64.0 Å². The number of alkyl halides is 3. The van der Waals surface area contributed by atoms with E-state index in [1.807, 2.05) is 0 Å². The predicted molar refractivity (Wildman–Crippen MR) is 99.3 cm³/mol. The van der Waals surface area contributed by atoms with Crippen LogP contribution in [-0.2, 0) is 13.2 Å². The van der Waals surface area contributed by atoms with Crippen LogP contribution in [0.25, 0.3) is 10.9 Å². The highest BCUT2D eigenvalue weighted by molar-refractivity contribution is 6.31. The molecule has 9 heteroatoms. The first-order valence-corrected chi connectivity index (χ1v) is 8.60. The molecule has 1 amide bonds. The van der Waals surface area contributed by atoms with Crippen molar-refractivity contribution in [2.75, 3.05) is 0 Å². The van der Waals surface area contributed by atoms with Crippen LogP contribution in [0.1, 0.15) is 34.7 Å². The molecule has 2 aromatic carbocycles. The zero-order chi connectivity index (χ0) is 20.6. The number of fused-ring (bicyclic) bond motifs is 1. The average molecular weight is 410 g/mol. The fraction of sp³-hybridized carbons (Fsp3) is 0.211. The molecule has 0 unspecified atom stereocenters. The van der Waals surface area contributed by atoms with E-state index >= 15 is 0 Å². The Morgan fingerprint density at radius 2 is 1.82 bits per heavy atom. The standard InChI is InChI=1S/C19H15ClF3N3O2/c1-10(24-17(27)11-3-5-12(6-4-11)19(21,22)23)16-25-15-9-13(20)7-8-14(15)18(28)26(16)2/h3-10H,1-2H3,(H,24,27)/t10-/m0/s1. The lowest BCUT2D eigenvalue weighted by molar-refractivity contribution is -0.137. The molecule has 5 nitrogen and oxygen atoms in total. The van der Waals surface area contributed by atoms with Crippen LogP contribution in [-0.4, -0.2) is 15.5 Å². The number of rotatable bonds is 3. The Morgan fingerprint density at radius 1 is 1.18 bits per heavy atom. The highest BCUT2D eigenvalue weighted by atomic mass is 35.5. The second-order valence-electron chi connectivity index (χ2n) is 6.27. The first-order valence-electron chi connectivity index (χ1n) is 8.22. The number of nitrogens with one attached hydrogen (secondary N) is 1. The maximum atomic E-state index is 12.6. The monoisotopic (exact) mass is 409 g/mol. The van der Waals surface area contributed by atoms with Crippen LogP contribution in [0.15, 0.2) is 47.3 Å². The number of amides is 1. The van der Waals surface area contributed by atoms with Gasteiger partial charge in [-0.1, -0.05) is 11.6 Å². The highest BCUT2D eigenvalue weighted by Crippen LogP contribution is 2.29. The van der Waals surface area contributed by atoms with E-state index < -0.39 is 23.7 Å². The molecule has 1 atom stereocenters. The van der Waals surface area contributed by atoms with Crippen molar-refractivity contribution in [3.05, 3.63) is 74.8 Å². The number of nitrogens with zero attached hydrogens (tertiary/aromatic N) is 2. The van der Waals surface area contributed by atoms with Crippen molar-refractivity contribution in [2.45, 2.75) is 19.1 Å². The third kappa shape index (κ3) is 3.87. The lowest BCUT2D eigenvalue weighted by atomic mass is 10.1. The SMILES string of the molecule is C[C@H](NC(=O)c1ccc(C(F)(F)F)cc1)c1nc2cc(Cl)ccc2c(=O)n1C. The van der Waals surface area contributed by atoms with E-state index in [2.05, 4.69) is 10.3 Å². The molecule has 0 aliphatic rings.